The van der Waals surface area contributed by atoms with Crippen LogP contribution < -0.4 is 5.32 Å². The fourth-order valence-corrected chi connectivity index (χ4v) is 2.46. The van der Waals surface area contributed by atoms with E-state index in [-0.39, 0.29) is 10.6 Å². The Morgan fingerprint density at radius 1 is 1.47 bits per heavy atom. The SMILES string of the molecule is CCCNc1ccc([N+](=O)[O-])c(SCCN(C)C)n1. The van der Waals surface area contributed by atoms with Crippen molar-refractivity contribution in [3.05, 3.63) is 22.2 Å². The van der Waals surface area contributed by atoms with Crippen LogP contribution in [0.4, 0.5) is 11.5 Å². The predicted octanol–water partition coefficient (Wildman–Crippen LogP) is 2.47. The van der Waals surface area contributed by atoms with E-state index < -0.39 is 0 Å². The van der Waals surface area contributed by atoms with Crippen LogP contribution in [0.5, 0.6) is 0 Å². The molecule has 0 atom stereocenters. The molecule has 1 aromatic rings. The highest BCUT2D eigenvalue weighted by atomic mass is 32.2. The van der Waals surface area contributed by atoms with Gasteiger partial charge in [-0.25, -0.2) is 4.98 Å². The van der Waals surface area contributed by atoms with Crippen LogP contribution in [-0.2, 0) is 0 Å². The molecule has 0 bridgehead atoms. The van der Waals surface area contributed by atoms with E-state index in [1.165, 1.54) is 17.8 Å². The normalized spacial score (nSPS) is 10.7. The Morgan fingerprint density at radius 3 is 2.79 bits per heavy atom. The lowest BCUT2D eigenvalue weighted by molar-refractivity contribution is -0.388. The number of thioether (sulfide) groups is 1. The molecule has 106 valence electrons. The van der Waals surface area contributed by atoms with E-state index in [0.29, 0.717) is 10.8 Å². The Bertz CT molecular complexity index is 426. The molecule has 1 heterocycles. The van der Waals surface area contributed by atoms with Gasteiger partial charge < -0.3 is 10.2 Å². The van der Waals surface area contributed by atoms with Gasteiger partial charge in [0.2, 0.25) is 0 Å². The van der Waals surface area contributed by atoms with Crippen LogP contribution in [0.2, 0.25) is 0 Å². The highest BCUT2D eigenvalue weighted by Crippen LogP contribution is 2.28. The third-order valence-electron chi connectivity index (χ3n) is 2.37. The Labute approximate surface area is 117 Å². The highest BCUT2D eigenvalue weighted by Gasteiger charge is 2.16. The van der Waals surface area contributed by atoms with E-state index in [1.54, 1.807) is 6.07 Å². The molecule has 1 N–H and O–H groups in total. The van der Waals surface area contributed by atoms with Gasteiger partial charge in [0.15, 0.2) is 5.03 Å². The summed E-state index contributed by atoms with van der Waals surface area (Å²) in [7, 11) is 3.95. The first-order chi connectivity index (χ1) is 9.04. The lowest BCUT2D eigenvalue weighted by atomic mass is 10.4. The lowest BCUT2D eigenvalue weighted by Crippen LogP contribution is -2.15. The van der Waals surface area contributed by atoms with Crippen LogP contribution in [0.15, 0.2) is 17.2 Å². The van der Waals surface area contributed by atoms with E-state index in [9.17, 15) is 10.1 Å². The number of nitro groups is 1. The summed E-state index contributed by atoms with van der Waals surface area (Å²) in [6.45, 7) is 3.73. The first-order valence-electron chi connectivity index (χ1n) is 6.21. The fourth-order valence-electron chi connectivity index (χ4n) is 1.35. The lowest BCUT2D eigenvalue weighted by Gasteiger charge is -2.09. The third-order valence-corrected chi connectivity index (χ3v) is 3.33. The van der Waals surface area contributed by atoms with E-state index in [0.717, 1.165) is 25.3 Å². The molecule has 0 radical (unpaired) electrons. The van der Waals surface area contributed by atoms with E-state index in [2.05, 4.69) is 17.2 Å². The summed E-state index contributed by atoms with van der Waals surface area (Å²) in [5, 5.41) is 14.6. The number of rotatable bonds is 8. The molecule has 0 fully saturated rings. The molecular weight excluding hydrogens is 264 g/mol. The maximum absolute atomic E-state index is 11.0. The molecule has 7 heteroatoms. The minimum Gasteiger partial charge on any atom is -0.370 e. The quantitative estimate of drug-likeness (QED) is 0.449. The Morgan fingerprint density at radius 2 is 2.21 bits per heavy atom. The molecule has 1 rings (SSSR count). The van der Waals surface area contributed by atoms with Crippen molar-refractivity contribution in [1.29, 1.82) is 0 Å². The van der Waals surface area contributed by atoms with Crippen LogP contribution in [0.3, 0.4) is 0 Å². The van der Waals surface area contributed by atoms with Gasteiger partial charge >= 0.3 is 5.69 Å². The highest BCUT2D eigenvalue weighted by molar-refractivity contribution is 7.99. The average molecular weight is 284 g/mol. The molecule has 0 saturated carbocycles. The standard InChI is InChI=1S/C12H20N4O2S/c1-4-7-13-11-6-5-10(16(17)18)12(14-11)19-9-8-15(2)3/h5-6H,4,7-9H2,1-3H3,(H,13,14). The summed E-state index contributed by atoms with van der Waals surface area (Å²) in [5.41, 5.74) is 0.0748. The van der Waals surface area contributed by atoms with Crippen molar-refractivity contribution in [2.45, 2.75) is 18.4 Å². The van der Waals surface area contributed by atoms with Crippen molar-refractivity contribution in [3.8, 4) is 0 Å². The van der Waals surface area contributed by atoms with Gasteiger partial charge in [0.05, 0.1) is 4.92 Å². The van der Waals surface area contributed by atoms with Crippen LogP contribution >= 0.6 is 11.8 Å². The summed E-state index contributed by atoms with van der Waals surface area (Å²) in [5.74, 6) is 1.47. The van der Waals surface area contributed by atoms with E-state index >= 15 is 0 Å². The van der Waals surface area contributed by atoms with Gasteiger partial charge in [0, 0.05) is 24.9 Å². The Balaban J connectivity index is 2.79. The smallest absolute Gasteiger partial charge is 0.301 e. The molecular formula is C12H20N4O2S. The van der Waals surface area contributed by atoms with E-state index in [4.69, 9.17) is 0 Å². The van der Waals surface area contributed by atoms with Crippen molar-refractivity contribution in [3.63, 3.8) is 0 Å². The molecule has 0 amide bonds. The van der Waals surface area contributed by atoms with Crippen molar-refractivity contribution in [2.24, 2.45) is 0 Å². The molecule has 0 aliphatic heterocycles. The second-order valence-electron chi connectivity index (χ2n) is 4.36. The molecule has 0 unspecified atom stereocenters. The van der Waals surface area contributed by atoms with Gasteiger partial charge in [-0.2, -0.15) is 0 Å². The number of nitrogens with one attached hydrogen (secondary N) is 1. The Hall–Kier alpha value is -1.34. The zero-order valence-corrected chi connectivity index (χ0v) is 12.4. The number of nitrogens with zero attached hydrogens (tertiary/aromatic N) is 3. The molecule has 0 aromatic carbocycles. The maximum atomic E-state index is 11.0. The third kappa shape index (κ3) is 5.44. The number of hydrogen-bond acceptors (Lipinski definition) is 6. The van der Waals surface area contributed by atoms with Crippen molar-refractivity contribution in [2.75, 3.05) is 38.3 Å². The molecule has 6 nitrogen and oxygen atoms in total. The van der Waals surface area contributed by atoms with Crippen LogP contribution in [0.1, 0.15) is 13.3 Å². The van der Waals surface area contributed by atoms with Gasteiger partial charge in [-0.05, 0) is 26.6 Å². The minimum atomic E-state index is -0.380. The van der Waals surface area contributed by atoms with Crippen LogP contribution in [0.25, 0.3) is 0 Å². The minimum absolute atomic E-state index is 0.0748. The van der Waals surface area contributed by atoms with E-state index in [1.807, 2.05) is 19.0 Å². The second kappa shape index (κ2) is 7.96. The molecule has 0 spiro atoms. The summed E-state index contributed by atoms with van der Waals surface area (Å²) < 4.78 is 0. The first kappa shape index (κ1) is 15.7. The largest absolute Gasteiger partial charge is 0.370 e. The maximum Gasteiger partial charge on any atom is 0.301 e. The van der Waals surface area contributed by atoms with Crippen LogP contribution in [0, 0.1) is 10.1 Å². The number of hydrogen-bond donors (Lipinski definition) is 1. The summed E-state index contributed by atoms with van der Waals surface area (Å²) in [6.07, 6.45) is 0.988. The van der Waals surface area contributed by atoms with Crippen molar-refractivity contribution >= 4 is 23.3 Å². The van der Waals surface area contributed by atoms with Crippen molar-refractivity contribution < 1.29 is 4.92 Å². The van der Waals surface area contributed by atoms with Crippen LogP contribution in [-0.4, -0.2) is 47.7 Å². The van der Waals surface area contributed by atoms with Gasteiger partial charge in [-0.15, -0.1) is 0 Å². The Kier molecular flexibility index (Phi) is 6.58. The van der Waals surface area contributed by atoms with Gasteiger partial charge in [-0.3, -0.25) is 10.1 Å². The van der Waals surface area contributed by atoms with Gasteiger partial charge in [-0.1, -0.05) is 18.7 Å². The summed E-state index contributed by atoms with van der Waals surface area (Å²) >= 11 is 1.42. The van der Waals surface area contributed by atoms with Crippen molar-refractivity contribution in [1.82, 2.24) is 9.88 Å². The number of anilines is 1. The molecule has 0 aliphatic carbocycles. The number of pyridine rings is 1. The van der Waals surface area contributed by atoms with Gasteiger partial charge in [0.1, 0.15) is 5.82 Å². The zero-order valence-electron chi connectivity index (χ0n) is 11.5. The number of aromatic nitrogens is 1. The average Bonchev–Trinajstić information content (AvgIpc) is 2.35. The predicted molar refractivity (Wildman–Crippen MR) is 79.0 cm³/mol. The molecule has 0 saturated heterocycles. The second-order valence-corrected chi connectivity index (χ2v) is 5.44. The molecule has 0 aliphatic rings. The van der Waals surface area contributed by atoms with Gasteiger partial charge in [0.25, 0.3) is 0 Å². The summed E-state index contributed by atoms with van der Waals surface area (Å²) in [4.78, 5) is 16.9. The first-order valence-corrected chi connectivity index (χ1v) is 7.20. The fraction of sp³-hybridized carbons (Fsp3) is 0.583. The summed E-state index contributed by atoms with van der Waals surface area (Å²) in [6, 6.07) is 3.17. The monoisotopic (exact) mass is 284 g/mol. The molecule has 19 heavy (non-hydrogen) atoms. The topological polar surface area (TPSA) is 71.3 Å². The molecule has 1 aromatic heterocycles. The zero-order chi connectivity index (χ0) is 14.3.